The number of hydrogen-bond acceptors (Lipinski definition) is 2. The number of hydrogen-bond donors (Lipinski definition) is 2. The molecule has 0 aromatic heterocycles. The van der Waals surface area contributed by atoms with E-state index in [0.29, 0.717) is 6.54 Å². The highest BCUT2D eigenvalue weighted by Crippen LogP contribution is 2.33. The zero-order chi connectivity index (χ0) is 14.1. The van der Waals surface area contributed by atoms with Gasteiger partial charge in [-0.2, -0.15) is 0 Å². The molecule has 1 aliphatic rings. The lowest BCUT2D eigenvalue weighted by Crippen LogP contribution is -2.60. The minimum Gasteiger partial charge on any atom is -0.338 e. The van der Waals surface area contributed by atoms with Crippen molar-refractivity contribution in [2.75, 3.05) is 19.6 Å². The summed E-state index contributed by atoms with van der Waals surface area (Å²) in [6.07, 6.45) is 8.92. The summed E-state index contributed by atoms with van der Waals surface area (Å²) in [5.74, 6) is 0. The molecule has 0 spiro atoms. The van der Waals surface area contributed by atoms with Crippen LogP contribution in [0, 0.1) is 0 Å². The zero-order valence-electron chi connectivity index (χ0n) is 12.7. The molecule has 0 unspecified atom stereocenters. The van der Waals surface area contributed by atoms with E-state index < -0.39 is 0 Å². The number of amides is 2. The molecule has 0 atom stereocenters. The second-order valence-corrected chi connectivity index (χ2v) is 5.73. The van der Waals surface area contributed by atoms with E-state index in [1.165, 1.54) is 19.3 Å². The van der Waals surface area contributed by atoms with Gasteiger partial charge in [0.25, 0.3) is 0 Å². The number of carbonyl (C=O) groups is 1. The highest BCUT2D eigenvalue weighted by atomic mass is 16.2. The van der Waals surface area contributed by atoms with Gasteiger partial charge in [0.2, 0.25) is 0 Å². The largest absolute Gasteiger partial charge is 0.338 e. The average Bonchev–Trinajstić information content (AvgIpc) is 2.45. The number of rotatable bonds is 7. The Kier molecular flexibility index (Phi) is 7.21. The SMILES string of the molecule is CCCCNC(=O)N(CCC)C1(CN)CCCCC1. The maximum Gasteiger partial charge on any atom is 0.317 e. The van der Waals surface area contributed by atoms with E-state index in [4.69, 9.17) is 5.73 Å². The summed E-state index contributed by atoms with van der Waals surface area (Å²) in [6, 6.07) is 0.0858. The molecule has 19 heavy (non-hydrogen) atoms. The molecule has 1 aliphatic carbocycles. The Morgan fingerprint density at radius 2 is 1.89 bits per heavy atom. The van der Waals surface area contributed by atoms with Gasteiger partial charge in [-0.15, -0.1) is 0 Å². The Morgan fingerprint density at radius 1 is 1.21 bits per heavy atom. The summed E-state index contributed by atoms with van der Waals surface area (Å²) in [5, 5.41) is 3.06. The number of unbranched alkanes of at least 4 members (excludes halogenated alkanes) is 1. The summed E-state index contributed by atoms with van der Waals surface area (Å²) < 4.78 is 0. The van der Waals surface area contributed by atoms with Crippen LogP contribution in [0.5, 0.6) is 0 Å². The van der Waals surface area contributed by atoms with E-state index in [1.807, 2.05) is 4.90 Å². The summed E-state index contributed by atoms with van der Waals surface area (Å²) >= 11 is 0. The lowest BCUT2D eigenvalue weighted by molar-refractivity contribution is 0.0834. The van der Waals surface area contributed by atoms with Crippen molar-refractivity contribution in [3.8, 4) is 0 Å². The van der Waals surface area contributed by atoms with Crippen LogP contribution in [-0.4, -0.2) is 36.1 Å². The molecule has 0 aromatic carbocycles. The molecule has 0 heterocycles. The fraction of sp³-hybridized carbons (Fsp3) is 0.933. The Balaban J connectivity index is 2.69. The highest BCUT2D eigenvalue weighted by molar-refractivity contribution is 5.75. The van der Waals surface area contributed by atoms with Crippen molar-refractivity contribution in [3.63, 3.8) is 0 Å². The molecular weight excluding hydrogens is 238 g/mol. The fourth-order valence-corrected chi connectivity index (χ4v) is 3.04. The molecule has 1 saturated carbocycles. The van der Waals surface area contributed by atoms with Crippen molar-refractivity contribution in [2.45, 2.75) is 70.8 Å². The first-order valence-corrected chi connectivity index (χ1v) is 7.95. The van der Waals surface area contributed by atoms with Crippen molar-refractivity contribution in [3.05, 3.63) is 0 Å². The molecule has 1 fully saturated rings. The van der Waals surface area contributed by atoms with Crippen molar-refractivity contribution in [1.82, 2.24) is 10.2 Å². The third-order valence-corrected chi connectivity index (χ3v) is 4.24. The molecule has 2 amide bonds. The first-order valence-electron chi connectivity index (χ1n) is 7.95. The van der Waals surface area contributed by atoms with Crippen LogP contribution in [0.15, 0.2) is 0 Å². The van der Waals surface area contributed by atoms with E-state index in [2.05, 4.69) is 19.2 Å². The van der Waals surface area contributed by atoms with Gasteiger partial charge in [0.1, 0.15) is 0 Å². The number of nitrogens with two attached hydrogens (primary N) is 1. The molecule has 112 valence electrons. The van der Waals surface area contributed by atoms with Crippen LogP contribution >= 0.6 is 0 Å². The summed E-state index contributed by atoms with van der Waals surface area (Å²) in [5.41, 5.74) is 5.95. The van der Waals surface area contributed by atoms with Crippen molar-refractivity contribution in [2.24, 2.45) is 5.73 Å². The van der Waals surface area contributed by atoms with Gasteiger partial charge in [-0.1, -0.05) is 39.5 Å². The Morgan fingerprint density at radius 3 is 2.42 bits per heavy atom. The standard InChI is InChI=1S/C15H31N3O/c1-3-5-11-17-14(19)18(12-4-2)15(13-16)9-7-6-8-10-15/h3-13,16H2,1-2H3,(H,17,19). The summed E-state index contributed by atoms with van der Waals surface area (Å²) in [7, 11) is 0. The van der Waals surface area contributed by atoms with Crippen LogP contribution < -0.4 is 11.1 Å². The van der Waals surface area contributed by atoms with Crippen molar-refractivity contribution in [1.29, 1.82) is 0 Å². The van der Waals surface area contributed by atoms with Crippen LogP contribution in [0.3, 0.4) is 0 Å². The van der Waals surface area contributed by atoms with E-state index in [-0.39, 0.29) is 11.6 Å². The van der Waals surface area contributed by atoms with Gasteiger partial charge in [-0.05, 0) is 25.7 Å². The third kappa shape index (κ3) is 4.37. The quantitative estimate of drug-likeness (QED) is 0.698. The molecule has 0 aromatic rings. The van der Waals surface area contributed by atoms with Crippen LogP contribution in [-0.2, 0) is 0 Å². The van der Waals surface area contributed by atoms with E-state index in [9.17, 15) is 4.79 Å². The minimum absolute atomic E-state index is 0.0858. The Hall–Kier alpha value is -0.770. The minimum atomic E-state index is -0.0927. The molecule has 0 radical (unpaired) electrons. The Bertz CT molecular complexity index is 262. The van der Waals surface area contributed by atoms with E-state index >= 15 is 0 Å². The maximum atomic E-state index is 12.4. The fourth-order valence-electron chi connectivity index (χ4n) is 3.04. The lowest BCUT2D eigenvalue weighted by Gasteiger charge is -2.45. The topological polar surface area (TPSA) is 58.4 Å². The van der Waals surface area contributed by atoms with Crippen molar-refractivity contribution < 1.29 is 4.79 Å². The van der Waals surface area contributed by atoms with Crippen LogP contribution in [0.2, 0.25) is 0 Å². The molecule has 4 nitrogen and oxygen atoms in total. The second kappa shape index (κ2) is 8.41. The highest BCUT2D eigenvalue weighted by Gasteiger charge is 2.38. The van der Waals surface area contributed by atoms with Gasteiger partial charge in [0.05, 0.1) is 5.54 Å². The number of urea groups is 1. The van der Waals surface area contributed by atoms with Gasteiger partial charge in [-0.3, -0.25) is 0 Å². The number of nitrogens with one attached hydrogen (secondary N) is 1. The van der Waals surface area contributed by atoms with E-state index in [0.717, 1.165) is 45.2 Å². The van der Waals surface area contributed by atoms with Crippen LogP contribution in [0.4, 0.5) is 4.79 Å². The van der Waals surface area contributed by atoms with Gasteiger partial charge in [-0.25, -0.2) is 4.79 Å². The monoisotopic (exact) mass is 269 g/mol. The second-order valence-electron chi connectivity index (χ2n) is 5.73. The average molecular weight is 269 g/mol. The molecule has 3 N–H and O–H groups in total. The summed E-state index contributed by atoms with van der Waals surface area (Å²) in [6.45, 7) is 6.44. The normalized spacial score (nSPS) is 18.1. The van der Waals surface area contributed by atoms with Gasteiger partial charge >= 0.3 is 6.03 Å². The third-order valence-electron chi connectivity index (χ3n) is 4.24. The predicted molar refractivity (Wildman–Crippen MR) is 80.2 cm³/mol. The molecule has 0 bridgehead atoms. The predicted octanol–water partition coefficient (Wildman–Crippen LogP) is 2.87. The molecule has 0 aliphatic heterocycles. The zero-order valence-corrected chi connectivity index (χ0v) is 12.7. The number of nitrogens with zero attached hydrogens (tertiary/aromatic N) is 1. The first-order chi connectivity index (χ1) is 9.20. The first kappa shape index (κ1) is 16.3. The number of carbonyl (C=O) groups excluding carboxylic acids is 1. The molecule has 4 heteroatoms. The van der Waals surface area contributed by atoms with Gasteiger partial charge in [0, 0.05) is 19.6 Å². The van der Waals surface area contributed by atoms with Crippen molar-refractivity contribution >= 4 is 6.03 Å². The van der Waals surface area contributed by atoms with Crippen LogP contribution in [0.25, 0.3) is 0 Å². The summed E-state index contributed by atoms with van der Waals surface area (Å²) in [4.78, 5) is 14.5. The molecule has 1 rings (SSSR count). The molecule has 0 saturated heterocycles. The smallest absolute Gasteiger partial charge is 0.317 e. The maximum absolute atomic E-state index is 12.4. The lowest BCUT2D eigenvalue weighted by atomic mass is 9.80. The van der Waals surface area contributed by atoms with Crippen LogP contribution in [0.1, 0.15) is 65.2 Å². The Labute approximate surface area is 118 Å². The van der Waals surface area contributed by atoms with Gasteiger partial charge in [0.15, 0.2) is 0 Å². The van der Waals surface area contributed by atoms with Gasteiger partial charge < -0.3 is 16.0 Å². The van der Waals surface area contributed by atoms with E-state index in [1.54, 1.807) is 0 Å². The molecular formula is C15H31N3O.